The van der Waals surface area contributed by atoms with Gasteiger partial charge in [-0.1, -0.05) is 35.3 Å². The van der Waals surface area contributed by atoms with Gasteiger partial charge in [-0.25, -0.2) is 19.2 Å². The number of nitrogens with two attached hydrogens (primary N) is 1. The van der Waals surface area contributed by atoms with Crippen LogP contribution in [0.3, 0.4) is 0 Å². The number of nitrogens with one attached hydrogen (secondary N) is 2. The van der Waals surface area contributed by atoms with E-state index < -0.39 is 17.9 Å². The van der Waals surface area contributed by atoms with Gasteiger partial charge in [-0.2, -0.15) is 0 Å². The first-order valence-corrected chi connectivity index (χ1v) is 12.1. The first kappa shape index (κ1) is 26.2. The van der Waals surface area contributed by atoms with Gasteiger partial charge in [0.2, 0.25) is 5.95 Å². The molecule has 3 rings (SSSR count). The third kappa shape index (κ3) is 7.79. The average Bonchev–Trinajstić information content (AvgIpc) is 2.86. The minimum atomic E-state index is -0.931. The Kier molecular flexibility index (Phi) is 9.61. The van der Waals surface area contributed by atoms with E-state index in [9.17, 15) is 9.18 Å². The van der Waals surface area contributed by atoms with E-state index in [1.807, 2.05) is 18.6 Å². The number of rotatable bonds is 9. The van der Waals surface area contributed by atoms with E-state index in [-0.39, 0.29) is 12.2 Å². The Morgan fingerprint density at radius 2 is 2.06 bits per heavy atom. The summed E-state index contributed by atoms with van der Waals surface area (Å²) in [6, 6.07) is 4.76. The molecular formula is C22H29FN8O3S. The highest BCUT2D eigenvalue weighted by atomic mass is 32.2. The van der Waals surface area contributed by atoms with Crippen molar-refractivity contribution in [1.29, 1.82) is 5.41 Å². The summed E-state index contributed by atoms with van der Waals surface area (Å²) in [6.07, 6.45) is 5.75. The predicted octanol–water partition coefficient (Wildman–Crippen LogP) is 2.58. The van der Waals surface area contributed by atoms with Gasteiger partial charge in [-0.15, -0.1) is 0 Å². The smallest absolute Gasteiger partial charge is 0.414 e. The number of oxime groups is 1. The summed E-state index contributed by atoms with van der Waals surface area (Å²) in [5.74, 6) is -0.528. The summed E-state index contributed by atoms with van der Waals surface area (Å²) in [7, 11) is 2.00. The molecule has 4 N–H and O–H groups in total. The number of amides is 1. The van der Waals surface area contributed by atoms with Crippen LogP contribution in [0.25, 0.3) is 11.1 Å². The summed E-state index contributed by atoms with van der Waals surface area (Å²) in [5.41, 5.74) is 7.06. The Morgan fingerprint density at radius 1 is 1.34 bits per heavy atom. The van der Waals surface area contributed by atoms with Crippen molar-refractivity contribution in [2.45, 2.75) is 19.4 Å². The van der Waals surface area contributed by atoms with Crippen molar-refractivity contribution in [2.75, 3.05) is 44.4 Å². The lowest BCUT2D eigenvalue weighted by molar-refractivity contribution is 0.136. The molecule has 1 aromatic carbocycles. The number of nitrogens with zero attached hydrogens (tertiary/aromatic N) is 5. The molecule has 1 aliphatic heterocycles. The number of carbonyl (C=O) groups excluding carboxylic acids is 1. The molecule has 1 aliphatic rings. The summed E-state index contributed by atoms with van der Waals surface area (Å²) in [6.45, 7) is 2.47. The zero-order chi connectivity index (χ0) is 25.2. The summed E-state index contributed by atoms with van der Waals surface area (Å²) in [5, 5.41) is 13.2. The molecule has 2 aromatic rings. The molecule has 188 valence electrons. The van der Waals surface area contributed by atoms with Gasteiger partial charge in [-0.3, -0.25) is 15.0 Å². The third-order valence-corrected chi connectivity index (χ3v) is 6.06. The first-order valence-electron chi connectivity index (χ1n) is 10.9. The molecule has 13 heteroatoms. The van der Waals surface area contributed by atoms with E-state index in [1.165, 1.54) is 6.07 Å². The molecule has 0 unspecified atom stereocenters. The Balaban J connectivity index is 1.56. The minimum absolute atomic E-state index is 0.176. The molecule has 1 fully saturated rings. The van der Waals surface area contributed by atoms with Crippen LogP contribution < -0.4 is 16.0 Å². The number of aromatic nitrogens is 2. The fraction of sp³-hybridized carbons (Fsp3) is 0.409. The zero-order valence-corrected chi connectivity index (χ0v) is 20.5. The molecule has 0 atom stereocenters. The van der Waals surface area contributed by atoms with Crippen LogP contribution in [0.5, 0.6) is 0 Å². The summed E-state index contributed by atoms with van der Waals surface area (Å²) < 4.78 is 22.0. The largest absolute Gasteiger partial charge is 0.444 e. The van der Waals surface area contributed by atoms with Crippen molar-refractivity contribution in [2.24, 2.45) is 10.9 Å². The number of anilines is 1. The van der Waals surface area contributed by atoms with Gasteiger partial charge < -0.3 is 20.2 Å². The van der Waals surface area contributed by atoms with Gasteiger partial charge in [0.25, 0.3) is 0 Å². The molecule has 2 heterocycles. The number of hydrogen-bond donors (Lipinski definition) is 3. The highest BCUT2D eigenvalue weighted by Crippen LogP contribution is 2.25. The van der Waals surface area contributed by atoms with E-state index >= 15 is 0 Å². The second kappa shape index (κ2) is 12.9. The fourth-order valence-corrected chi connectivity index (χ4v) is 3.54. The van der Waals surface area contributed by atoms with Gasteiger partial charge in [-0.05, 0) is 13.3 Å². The number of alkyl carbamates (subject to hydrolysis) is 1. The van der Waals surface area contributed by atoms with Gasteiger partial charge in [0, 0.05) is 61.6 Å². The van der Waals surface area contributed by atoms with Gasteiger partial charge in [0.15, 0.2) is 5.96 Å². The molecule has 1 amide bonds. The van der Waals surface area contributed by atoms with Crippen LogP contribution in [0, 0.1) is 11.2 Å². The van der Waals surface area contributed by atoms with Crippen LogP contribution >= 0.6 is 11.9 Å². The van der Waals surface area contributed by atoms with Crippen molar-refractivity contribution < 1.29 is 18.8 Å². The lowest BCUT2D eigenvalue weighted by Gasteiger charge is -2.27. The predicted molar refractivity (Wildman–Crippen MR) is 134 cm³/mol. The Hall–Kier alpha value is -3.45. The number of likely N-dealkylation sites (N-methyl/N-ethyl adjacent to an activating group) is 1. The number of piperidine rings is 1. The number of guanidine groups is 1. The maximum Gasteiger partial charge on any atom is 0.414 e. The first-order chi connectivity index (χ1) is 16.9. The molecule has 11 nitrogen and oxygen atoms in total. The van der Waals surface area contributed by atoms with Crippen molar-refractivity contribution >= 4 is 35.7 Å². The number of carbonyl (C=O) groups is 1. The molecule has 0 radical (unpaired) electrons. The normalized spacial score (nSPS) is 13.5. The number of benzene rings is 1. The van der Waals surface area contributed by atoms with Gasteiger partial charge in [0.1, 0.15) is 19.0 Å². The van der Waals surface area contributed by atoms with Crippen molar-refractivity contribution in [3.8, 4) is 11.1 Å². The number of halogens is 1. The molecular weight excluding hydrogens is 475 g/mol. The summed E-state index contributed by atoms with van der Waals surface area (Å²) in [4.78, 5) is 27.8. The van der Waals surface area contributed by atoms with E-state index in [2.05, 4.69) is 24.3 Å². The lowest BCUT2D eigenvalue weighted by atomic mass is 10.1. The molecule has 0 saturated carbocycles. The molecule has 1 aromatic heterocycles. The SMILES string of the molecule is CSN(C)CCON=C1CCN(c2ncc(-c3cccc(COC(=O)NC(=N)N)c3F)cn2)CC1. The standard InChI is InChI=1S/C22H29FN8O3S/c1-30(35-2)10-11-34-29-17-6-8-31(9-7-17)21-26-12-16(13-27-21)18-5-3-4-15(19(18)23)14-33-22(32)28-20(24)25/h3-5,12-13H,6-11,14H2,1-2H3,(H4,24,25,28,32). The molecule has 35 heavy (non-hydrogen) atoms. The quantitative estimate of drug-likeness (QED) is 0.154. The Labute approximate surface area is 207 Å². The van der Waals surface area contributed by atoms with Gasteiger partial charge >= 0.3 is 6.09 Å². The van der Waals surface area contributed by atoms with Crippen LogP contribution in [0.2, 0.25) is 0 Å². The van der Waals surface area contributed by atoms with Crippen molar-refractivity contribution in [1.82, 2.24) is 19.6 Å². The Bertz CT molecular complexity index is 1040. The monoisotopic (exact) mass is 504 g/mol. The van der Waals surface area contributed by atoms with E-state index in [1.54, 1.807) is 36.5 Å². The highest BCUT2D eigenvalue weighted by Gasteiger charge is 2.19. The van der Waals surface area contributed by atoms with Crippen LogP contribution in [0.4, 0.5) is 15.1 Å². The minimum Gasteiger partial charge on any atom is -0.444 e. The van der Waals surface area contributed by atoms with Crippen LogP contribution in [-0.2, 0) is 16.2 Å². The van der Waals surface area contributed by atoms with Crippen molar-refractivity contribution in [3.63, 3.8) is 0 Å². The fourth-order valence-electron chi connectivity index (χ4n) is 3.28. The highest BCUT2D eigenvalue weighted by molar-refractivity contribution is 7.96. The molecule has 0 bridgehead atoms. The average molecular weight is 505 g/mol. The molecule has 1 saturated heterocycles. The second-order valence-electron chi connectivity index (χ2n) is 7.68. The maximum absolute atomic E-state index is 15.0. The molecule has 0 spiro atoms. The zero-order valence-electron chi connectivity index (χ0n) is 19.7. The number of ether oxygens (including phenoxy) is 1. The molecule has 0 aliphatic carbocycles. The van der Waals surface area contributed by atoms with Gasteiger partial charge in [0.05, 0.1) is 5.71 Å². The van der Waals surface area contributed by atoms with Crippen LogP contribution in [0.1, 0.15) is 18.4 Å². The number of hydrogen-bond acceptors (Lipinski definition) is 10. The van der Waals surface area contributed by atoms with E-state index in [0.717, 1.165) is 38.2 Å². The lowest BCUT2D eigenvalue weighted by Crippen LogP contribution is -2.36. The maximum atomic E-state index is 15.0. The Morgan fingerprint density at radius 3 is 2.71 bits per heavy atom. The third-order valence-electron chi connectivity index (χ3n) is 5.25. The topological polar surface area (TPSA) is 142 Å². The second-order valence-corrected chi connectivity index (χ2v) is 8.67. The van der Waals surface area contributed by atoms with E-state index in [4.69, 9.17) is 20.7 Å². The van der Waals surface area contributed by atoms with E-state index in [0.29, 0.717) is 23.7 Å². The van der Waals surface area contributed by atoms with Crippen LogP contribution in [-0.4, -0.2) is 71.6 Å². The van der Waals surface area contributed by atoms with Crippen molar-refractivity contribution in [3.05, 3.63) is 42.0 Å². The summed E-state index contributed by atoms with van der Waals surface area (Å²) >= 11 is 1.65. The van der Waals surface area contributed by atoms with Crippen LogP contribution in [0.15, 0.2) is 35.7 Å².